The molecule has 0 N–H and O–H groups in total. The quantitative estimate of drug-likeness (QED) is 0.522. The Morgan fingerprint density at radius 3 is 2.87 bits per heavy atom. The van der Waals surface area contributed by atoms with E-state index in [9.17, 15) is 0 Å². The fourth-order valence-electron chi connectivity index (χ4n) is 1.44. The molecule has 0 heterocycles. The van der Waals surface area contributed by atoms with Crippen molar-refractivity contribution < 1.29 is 4.74 Å². The first kappa shape index (κ1) is 13.1. The molecule has 0 aliphatic carbocycles. The van der Waals surface area contributed by atoms with Gasteiger partial charge < -0.3 is 13.8 Å². The van der Waals surface area contributed by atoms with E-state index < -0.39 is 19.3 Å². The molecule has 1 rings (SSSR count). The van der Waals surface area contributed by atoms with E-state index in [1.807, 2.05) is 12.1 Å². The van der Waals surface area contributed by atoms with Crippen LogP contribution in [0, 0.1) is 0 Å². The summed E-state index contributed by atoms with van der Waals surface area (Å²) in [5, 5.41) is 0. The van der Waals surface area contributed by atoms with Crippen molar-refractivity contribution in [2.75, 3.05) is 6.61 Å². The number of unbranched alkanes of at least 4 members (excludes halogenated alkanes) is 3. The lowest BCUT2D eigenvalue weighted by Gasteiger charge is -2.06. The second kappa shape index (κ2) is 8.25. The van der Waals surface area contributed by atoms with Crippen LogP contribution in [0.25, 0.3) is 0 Å². The fraction of sp³-hybridized carbons (Fsp3) is 0.500. The van der Waals surface area contributed by atoms with Gasteiger partial charge in [-0.05, 0) is 18.6 Å². The summed E-state index contributed by atoms with van der Waals surface area (Å²) in [6.07, 6.45) is 4.99. The first-order valence-corrected chi connectivity index (χ1v) is 8.49. The van der Waals surface area contributed by atoms with Gasteiger partial charge >= 0.3 is 19.3 Å². The molecule has 80 valence electrons. The molecule has 1 nitrogen and oxygen atoms in total. The highest BCUT2D eigenvalue weighted by Crippen LogP contribution is 2.08. The fourth-order valence-corrected chi connectivity index (χ4v) is 2.44. The second-order valence-electron chi connectivity index (χ2n) is 3.69. The predicted molar refractivity (Wildman–Crippen MR) is 67.3 cm³/mol. The third-order valence-electron chi connectivity index (χ3n) is 2.32. The smallest absolute Gasteiger partial charge is 0.494 e. The number of hydrogen-bond donors (Lipinski definition) is 0. The van der Waals surface area contributed by atoms with E-state index in [4.69, 9.17) is 13.8 Å². The van der Waals surface area contributed by atoms with Crippen LogP contribution in [0.1, 0.15) is 32.6 Å². The molecule has 0 spiro atoms. The molecular weight excluding hydrogens is 220 g/mol. The van der Waals surface area contributed by atoms with Crippen LogP contribution >= 0.6 is 9.07 Å². The molecule has 3 heteroatoms. The van der Waals surface area contributed by atoms with E-state index in [1.54, 1.807) is 0 Å². The lowest BCUT2D eigenvalue weighted by molar-refractivity contribution is 0.305. The Kier molecular flexibility index (Phi) is 7.23. The molecule has 0 atom stereocenters. The minimum Gasteiger partial charge on any atom is -0.494 e. The van der Waals surface area contributed by atoms with Crippen LogP contribution in [-0.4, -0.2) is 25.9 Å². The summed E-state index contributed by atoms with van der Waals surface area (Å²) in [6.45, 7) is 3.04. The van der Waals surface area contributed by atoms with Crippen molar-refractivity contribution in [3.63, 3.8) is 0 Å². The summed E-state index contributed by atoms with van der Waals surface area (Å²) in [6, 6.07) is 8.17. The van der Waals surface area contributed by atoms with E-state index in [0.29, 0.717) is 0 Å². The van der Waals surface area contributed by atoms with E-state index in [2.05, 4.69) is 19.1 Å². The van der Waals surface area contributed by atoms with Crippen molar-refractivity contribution in [1.29, 1.82) is 0 Å². The van der Waals surface area contributed by atoms with Gasteiger partial charge in [0.1, 0.15) is 5.75 Å². The summed E-state index contributed by atoms with van der Waals surface area (Å²) in [5.74, 6) is 0.970. The van der Waals surface area contributed by atoms with Gasteiger partial charge in [-0.25, -0.2) is 0 Å². The van der Waals surface area contributed by atoms with Gasteiger partial charge in [-0.3, -0.25) is 0 Å². The normalized spacial score (nSPS) is 9.73. The Bertz CT molecular complexity index is 278. The first-order valence-electron chi connectivity index (χ1n) is 5.64. The number of hydrogen-bond acceptors (Lipinski definition) is 1. The van der Waals surface area contributed by atoms with E-state index in [-0.39, 0.29) is 0 Å². The molecule has 0 bridgehead atoms. The van der Waals surface area contributed by atoms with Gasteiger partial charge in [-0.15, -0.1) is 3.69 Å². The van der Waals surface area contributed by atoms with Crippen LogP contribution in [-0.2, 0) is 0 Å². The van der Waals surface area contributed by atoms with Gasteiger partial charge in [-0.1, -0.05) is 38.3 Å². The molecule has 0 aliphatic rings. The molecular formula is C12H17ClMgO. The molecule has 15 heavy (non-hydrogen) atoms. The number of ether oxygens (including phenoxy) is 1. The first-order chi connectivity index (χ1) is 7.36. The van der Waals surface area contributed by atoms with E-state index in [0.717, 1.165) is 18.8 Å². The van der Waals surface area contributed by atoms with Crippen LogP contribution in [0.2, 0.25) is 0 Å². The SMILES string of the molecule is CCCCCCOc1ccc[c]([Mg][Cl])c1. The zero-order chi connectivity index (χ0) is 10.9. The van der Waals surface area contributed by atoms with Crippen molar-refractivity contribution >= 4 is 32.0 Å². The summed E-state index contributed by atoms with van der Waals surface area (Å²) < 4.78 is 6.91. The van der Waals surface area contributed by atoms with Crippen molar-refractivity contribution in [2.24, 2.45) is 0 Å². The highest BCUT2D eigenvalue weighted by Gasteiger charge is 1.98. The lowest BCUT2D eigenvalue weighted by Crippen LogP contribution is -2.08. The minimum atomic E-state index is -0.574. The summed E-state index contributed by atoms with van der Waals surface area (Å²) in [5.41, 5.74) is 0. The summed E-state index contributed by atoms with van der Waals surface area (Å²) >= 11 is -0.574. The van der Waals surface area contributed by atoms with Crippen molar-refractivity contribution in [3.05, 3.63) is 24.3 Å². The number of halogens is 1. The molecule has 0 radical (unpaired) electrons. The molecule has 0 saturated heterocycles. The Balaban J connectivity index is 2.24. The van der Waals surface area contributed by atoms with Gasteiger partial charge in [0.15, 0.2) is 0 Å². The predicted octanol–water partition coefficient (Wildman–Crippen LogP) is 3.13. The van der Waals surface area contributed by atoms with Gasteiger partial charge in [0, 0.05) is 0 Å². The molecule has 1 aromatic rings. The van der Waals surface area contributed by atoms with Gasteiger partial charge in [0.05, 0.1) is 6.61 Å². The largest absolute Gasteiger partial charge is 0.538 e. The monoisotopic (exact) mass is 236 g/mol. The maximum absolute atomic E-state index is 5.88. The Labute approximate surface area is 106 Å². The summed E-state index contributed by atoms with van der Waals surface area (Å²) in [4.78, 5) is 0. The molecule has 0 aliphatic heterocycles. The Morgan fingerprint density at radius 1 is 1.27 bits per heavy atom. The third-order valence-corrected chi connectivity index (χ3v) is 3.99. The maximum Gasteiger partial charge on any atom is 0.538 e. The summed E-state index contributed by atoms with van der Waals surface area (Å²) in [7, 11) is 5.88. The highest BCUT2D eigenvalue weighted by molar-refractivity contribution is 7.01. The zero-order valence-corrected chi connectivity index (χ0v) is 11.5. The van der Waals surface area contributed by atoms with Crippen LogP contribution < -0.4 is 8.43 Å². The van der Waals surface area contributed by atoms with Crippen molar-refractivity contribution in [1.82, 2.24) is 0 Å². The van der Waals surface area contributed by atoms with Gasteiger partial charge in [-0.2, -0.15) is 0 Å². The van der Waals surface area contributed by atoms with E-state index in [1.165, 1.54) is 23.0 Å². The standard InChI is InChI=1S/C12H17O.ClH.Mg/c1-2-3-4-8-11-13-12-9-6-5-7-10-12;;/h5-6,9-10H,2-4,8,11H2,1H3;1H;/q;;+1/p-1. The molecule has 0 amide bonds. The Morgan fingerprint density at radius 2 is 2.13 bits per heavy atom. The topological polar surface area (TPSA) is 9.23 Å². The van der Waals surface area contributed by atoms with Crippen LogP contribution in [0.3, 0.4) is 0 Å². The van der Waals surface area contributed by atoms with Gasteiger partial charge in [0.2, 0.25) is 0 Å². The van der Waals surface area contributed by atoms with E-state index >= 15 is 0 Å². The number of rotatable bonds is 7. The van der Waals surface area contributed by atoms with Crippen molar-refractivity contribution in [3.8, 4) is 5.75 Å². The van der Waals surface area contributed by atoms with Crippen LogP contribution in [0.4, 0.5) is 0 Å². The molecule has 0 saturated carbocycles. The molecule has 0 fully saturated rings. The highest BCUT2D eigenvalue weighted by atomic mass is 35.5. The van der Waals surface area contributed by atoms with Gasteiger partial charge in [0.25, 0.3) is 0 Å². The second-order valence-corrected chi connectivity index (χ2v) is 5.58. The van der Waals surface area contributed by atoms with Crippen LogP contribution in [0.15, 0.2) is 24.3 Å². The molecule has 1 aromatic carbocycles. The molecule has 0 unspecified atom stereocenters. The van der Waals surface area contributed by atoms with Crippen molar-refractivity contribution in [2.45, 2.75) is 32.6 Å². The lowest BCUT2D eigenvalue weighted by atomic mass is 10.2. The number of benzene rings is 1. The maximum atomic E-state index is 5.88. The average molecular weight is 237 g/mol. The molecule has 0 aromatic heterocycles. The average Bonchev–Trinajstić information content (AvgIpc) is 2.29. The Hall–Kier alpha value is 0.0762. The van der Waals surface area contributed by atoms with Crippen LogP contribution in [0.5, 0.6) is 5.75 Å². The minimum absolute atomic E-state index is 0.574. The zero-order valence-electron chi connectivity index (χ0n) is 9.34. The third kappa shape index (κ3) is 5.64.